The molecule has 3 nitrogen and oxygen atoms in total. The molecule has 0 bridgehead atoms. The van der Waals surface area contributed by atoms with Gasteiger partial charge < -0.3 is 11.1 Å². The molecule has 0 saturated heterocycles. The third-order valence-corrected chi connectivity index (χ3v) is 3.47. The van der Waals surface area contributed by atoms with Crippen molar-refractivity contribution in [2.45, 2.75) is 26.7 Å². The third-order valence-electron chi connectivity index (χ3n) is 2.75. The summed E-state index contributed by atoms with van der Waals surface area (Å²) in [6.45, 7) is 4.12. The molecule has 0 aliphatic rings. The summed E-state index contributed by atoms with van der Waals surface area (Å²) in [5.41, 5.74) is 6.98. The lowest BCUT2D eigenvalue weighted by Gasteiger charge is -2.12. The van der Waals surface area contributed by atoms with E-state index in [1.807, 2.05) is 12.1 Å². The minimum atomic E-state index is -0.0139. The highest BCUT2D eigenvalue weighted by molar-refractivity contribution is 9.10. The summed E-state index contributed by atoms with van der Waals surface area (Å²) >= 11 is 8.33. The molecule has 0 saturated carbocycles. The second-order valence-electron chi connectivity index (χ2n) is 4.32. The number of benzene rings is 1. The van der Waals surface area contributed by atoms with Gasteiger partial charge >= 0.3 is 0 Å². The van der Waals surface area contributed by atoms with Crippen LogP contribution >= 0.6 is 28.1 Å². The van der Waals surface area contributed by atoms with Crippen LogP contribution in [0.3, 0.4) is 0 Å². The number of carbonyl (C=O) groups is 1. The van der Waals surface area contributed by atoms with Gasteiger partial charge in [-0.3, -0.25) is 4.79 Å². The van der Waals surface area contributed by atoms with Crippen LogP contribution in [0.5, 0.6) is 0 Å². The molecular formula is C13H17BrN2OS. The summed E-state index contributed by atoms with van der Waals surface area (Å²) in [7, 11) is 0. The fourth-order valence-electron chi connectivity index (χ4n) is 1.50. The van der Waals surface area contributed by atoms with Crippen molar-refractivity contribution in [1.29, 1.82) is 0 Å². The maximum Gasteiger partial charge on any atom is 0.224 e. The average Bonchev–Trinajstić information content (AvgIpc) is 2.28. The molecule has 0 aliphatic heterocycles. The maximum atomic E-state index is 11.9. The van der Waals surface area contributed by atoms with E-state index in [1.54, 1.807) is 6.07 Å². The fraction of sp³-hybridized carbons (Fsp3) is 0.385. The summed E-state index contributed by atoms with van der Waals surface area (Å²) in [5, 5.41) is 2.86. The van der Waals surface area contributed by atoms with Crippen LogP contribution in [0, 0.1) is 5.92 Å². The molecule has 1 unspecified atom stereocenters. The number of nitrogens with one attached hydrogen (secondary N) is 1. The Morgan fingerprint density at radius 2 is 2.22 bits per heavy atom. The van der Waals surface area contributed by atoms with Gasteiger partial charge in [-0.15, -0.1) is 0 Å². The van der Waals surface area contributed by atoms with Crippen LogP contribution in [0.2, 0.25) is 0 Å². The molecule has 1 atom stereocenters. The molecule has 0 radical (unpaired) electrons. The minimum Gasteiger partial charge on any atom is -0.389 e. The van der Waals surface area contributed by atoms with Crippen molar-refractivity contribution < 1.29 is 4.79 Å². The molecule has 1 rings (SSSR count). The molecule has 5 heteroatoms. The Morgan fingerprint density at radius 1 is 1.56 bits per heavy atom. The molecule has 1 amide bonds. The van der Waals surface area contributed by atoms with Gasteiger partial charge in [-0.05, 0) is 24.1 Å². The smallest absolute Gasteiger partial charge is 0.224 e. The Bertz CT molecular complexity index is 462. The first kappa shape index (κ1) is 15.1. The number of hydrogen-bond acceptors (Lipinski definition) is 2. The predicted molar refractivity (Wildman–Crippen MR) is 82.7 cm³/mol. The van der Waals surface area contributed by atoms with Gasteiger partial charge in [-0.2, -0.15) is 0 Å². The van der Waals surface area contributed by atoms with Crippen LogP contribution in [0.4, 0.5) is 5.69 Å². The van der Waals surface area contributed by atoms with E-state index >= 15 is 0 Å². The van der Waals surface area contributed by atoms with Crippen molar-refractivity contribution in [3.05, 3.63) is 28.2 Å². The van der Waals surface area contributed by atoms with Gasteiger partial charge in [0, 0.05) is 16.5 Å². The molecular weight excluding hydrogens is 312 g/mol. The lowest BCUT2D eigenvalue weighted by atomic mass is 10.0. The lowest BCUT2D eigenvalue weighted by Crippen LogP contribution is -2.19. The quantitative estimate of drug-likeness (QED) is 0.814. The number of carbonyl (C=O) groups excluding carboxylic acids is 1. The first-order valence-corrected chi connectivity index (χ1v) is 7.03. The molecule has 3 N–H and O–H groups in total. The molecule has 0 spiro atoms. The van der Waals surface area contributed by atoms with Gasteiger partial charge in [-0.1, -0.05) is 48.4 Å². The van der Waals surface area contributed by atoms with Gasteiger partial charge in [0.15, 0.2) is 0 Å². The highest BCUT2D eigenvalue weighted by Crippen LogP contribution is 2.22. The predicted octanol–water partition coefficient (Wildman–Crippen LogP) is 3.46. The fourth-order valence-corrected chi connectivity index (χ4v) is 2.04. The van der Waals surface area contributed by atoms with E-state index in [4.69, 9.17) is 18.0 Å². The Labute approximate surface area is 121 Å². The largest absolute Gasteiger partial charge is 0.389 e. The Hall–Kier alpha value is -0.940. The summed E-state index contributed by atoms with van der Waals surface area (Å²) in [6, 6.07) is 5.45. The van der Waals surface area contributed by atoms with E-state index in [9.17, 15) is 4.79 Å². The molecule has 1 aromatic rings. The number of anilines is 1. The van der Waals surface area contributed by atoms with Crippen LogP contribution in [0.15, 0.2) is 22.7 Å². The molecule has 0 heterocycles. The van der Waals surface area contributed by atoms with E-state index in [0.29, 0.717) is 23.6 Å². The van der Waals surface area contributed by atoms with Crippen LogP contribution in [0.25, 0.3) is 0 Å². The van der Waals surface area contributed by atoms with E-state index in [-0.39, 0.29) is 10.9 Å². The normalized spacial score (nSPS) is 11.9. The summed E-state index contributed by atoms with van der Waals surface area (Å²) in [5.74, 6) is 0.352. The van der Waals surface area contributed by atoms with Gasteiger partial charge in [0.25, 0.3) is 0 Å². The van der Waals surface area contributed by atoms with E-state index in [2.05, 4.69) is 35.1 Å². The average molecular weight is 329 g/mol. The van der Waals surface area contributed by atoms with Gasteiger partial charge in [0.05, 0.1) is 5.69 Å². The van der Waals surface area contributed by atoms with Gasteiger partial charge in [-0.25, -0.2) is 0 Å². The Morgan fingerprint density at radius 3 is 2.78 bits per heavy atom. The highest BCUT2D eigenvalue weighted by atomic mass is 79.9. The Kier molecular flexibility index (Phi) is 5.75. The number of rotatable bonds is 5. The molecule has 1 aromatic carbocycles. The second-order valence-corrected chi connectivity index (χ2v) is 5.68. The highest BCUT2D eigenvalue weighted by Gasteiger charge is 2.11. The zero-order valence-electron chi connectivity index (χ0n) is 10.5. The van der Waals surface area contributed by atoms with E-state index in [0.717, 1.165) is 10.9 Å². The molecule has 98 valence electrons. The van der Waals surface area contributed by atoms with Crippen LogP contribution < -0.4 is 11.1 Å². The number of nitrogens with two attached hydrogens (primary N) is 1. The van der Waals surface area contributed by atoms with Gasteiger partial charge in [0.1, 0.15) is 4.99 Å². The SMILES string of the molecule is CCC(C)CC(=O)Nc1cc(Br)ccc1C(N)=S. The van der Waals surface area contributed by atoms with Crippen molar-refractivity contribution in [1.82, 2.24) is 0 Å². The summed E-state index contributed by atoms with van der Waals surface area (Å²) in [6.07, 6.45) is 1.48. The number of halogens is 1. The second kappa shape index (κ2) is 6.85. The molecule has 0 aliphatic carbocycles. The third kappa shape index (κ3) is 4.38. The zero-order chi connectivity index (χ0) is 13.7. The summed E-state index contributed by atoms with van der Waals surface area (Å²) in [4.78, 5) is 12.1. The van der Waals surface area contributed by atoms with E-state index < -0.39 is 0 Å². The topological polar surface area (TPSA) is 55.1 Å². The van der Waals surface area contributed by atoms with Crippen molar-refractivity contribution in [2.24, 2.45) is 11.7 Å². The number of hydrogen-bond donors (Lipinski definition) is 2. The number of amides is 1. The number of thiocarbonyl (C=S) groups is 1. The minimum absolute atomic E-state index is 0.0139. The van der Waals surface area contributed by atoms with Crippen molar-refractivity contribution >= 4 is 44.7 Å². The van der Waals surface area contributed by atoms with Gasteiger partial charge in [0.2, 0.25) is 5.91 Å². The van der Waals surface area contributed by atoms with Crippen LogP contribution in [-0.2, 0) is 4.79 Å². The maximum absolute atomic E-state index is 11.9. The zero-order valence-corrected chi connectivity index (χ0v) is 12.9. The van der Waals surface area contributed by atoms with E-state index in [1.165, 1.54) is 0 Å². The van der Waals surface area contributed by atoms with Crippen molar-refractivity contribution in [3.63, 3.8) is 0 Å². The standard InChI is InChI=1S/C13H17BrN2OS/c1-3-8(2)6-12(17)16-11-7-9(14)4-5-10(11)13(15)18/h4-5,7-8H,3,6H2,1-2H3,(H2,15,18)(H,16,17). The monoisotopic (exact) mass is 328 g/mol. The van der Waals surface area contributed by atoms with Crippen molar-refractivity contribution in [3.8, 4) is 0 Å². The first-order chi connectivity index (χ1) is 8.43. The lowest BCUT2D eigenvalue weighted by molar-refractivity contribution is -0.117. The van der Waals surface area contributed by atoms with Crippen LogP contribution in [-0.4, -0.2) is 10.9 Å². The Balaban J connectivity index is 2.86. The van der Waals surface area contributed by atoms with Crippen LogP contribution in [0.1, 0.15) is 32.3 Å². The summed E-state index contributed by atoms with van der Waals surface area (Å²) < 4.78 is 0.876. The van der Waals surface area contributed by atoms with Crippen molar-refractivity contribution in [2.75, 3.05) is 5.32 Å². The first-order valence-electron chi connectivity index (χ1n) is 5.83. The molecule has 0 fully saturated rings. The molecule has 18 heavy (non-hydrogen) atoms. The molecule has 0 aromatic heterocycles.